The Kier molecular flexibility index (Phi) is 8.14. The van der Waals surface area contributed by atoms with Crippen molar-refractivity contribution in [2.45, 2.75) is 18.7 Å². The summed E-state index contributed by atoms with van der Waals surface area (Å²) in [4.78, 5) is 12.7. The van der Waals surface area contributed by atoms with Crippen LogP contribution in [0.4, 0.5) is 5.69 Å². The van der Waals surface area contributed by atoms with Crippen LogP contribution in [0, 0.1) is 6.92 Å². The van der Waals surface area contributed by atoms with Crippen molar-refractivity contribution in [3.8, 4) is 11.5 Å². The van der Waals surface area contributed by atoms with Gasteiger partial charge in [-0.15, -0.1) is 0 Å². The van der Waals surface area contributed by atoms with E-state index >= 15 is 0 Å². The molecule has 178 valence electrons. The zero-order valence-electron chi connectivity index (χ0n) is 18.6. The highest BCUT2D eigenvalue weighted by atomic mass is 35.5. The van der Waals surface area contributed by atoms with Crippen molar-refractivity contribution >= 4 is 39.4 Å². The quantitative estimate of drug-likeness (QED) is 0.339. The average molecular weight is 502 g/mol. The van der Waals surface area contributed by atoms with Gasteiger partial charge in [-0.2, -0.15) is 5.10 Å². The van der Waals surface area contributed by atoms with Crippen molar-refractivity contribution < 1.29 is 23.1 Å². The first-order chi connectivity index (χ1) is 16.2. The van der Waals surface area contributed by atoms with Gasteiger partial charge in [0.25, 0.3) is 15.9 Å². The number of carbonyl (C=O) groups is 1. The Morgan fingerprint density at radius 2 is 1.88 bits per heavy atom. The number of nitrogens with zero attached hydrogens (tertiary/aromatic N) is 2. The first kappa shape index (κ1) is 25.1. The summed E-state index contributed by atoms with van der Waals surface area (Å²) in [6.45, 7) is 3.38. The number of aromatic hydroxyl groups is 1. The predicted molar refractivity (Wildman–Crippen MR) is 132 cm³/mol. The molecule has 0 bridgehead atoms. The minimum atomic E-state index is -4.06. The molecule has 1 amide bonds. The first-order valence-electron chi connectivity index (χ1n) is 10.3. The third kappa shape index (κ3) is 6.06. The summed E-state index contributed by atoms with van der Waals surface area (Å²) in [6, 6.07) is 17.3. The van der Waals surface area contributed by atoms with E-state index in [1.165, 1.54) is 30.5 Å². The number of aryl methyl sites for hydroxylation is 1. The molecule has 0 atom stereocenters. The van der Waals surface area contributed by atoms with E-state index in [0.29, 0.717) is 22.8 Å². The summed E-state index contributed by atoms with van der Waals surface area (Å²) in [5.74, 6) is -0.380. The van der Waals surface area contributed by atoms with Crippen LogP contribution < -0.4 is 14.5 Å². The number of sulfonamides is 1. The molecule has 0 spiro atoms. The van der Waals surface area contributed by atoms with E-state index in [0.717, 1.165) is 4.31 Å². The topological polar surface area (TPSA) is 108 Å². The Hall–Kier alpha value is -3.56. The van der Waals surface area contributed by atoms with E-state index in [4.69, 9.17) is 16.3 Å². The molecule has 0 aliphatic carbocycles. The van der Waals surface area contributed by atoms with Crippen molar-refractivity contribution in [1.29, 1.82) is 0 Å². The normalized spacial score (nSPS) is 11.4. The fraction of sp³-hybridized carbons (Fsp3) is 0.167. The Bertz CT molecular complexity index is 1300. The monoisotopic (exact) mass is 501 g/mol. The summed E-state index contributed by atoms with van der Waals surface area (Å²) in [7, 11) is -4.06. The van der Waals surface area contributed by atoms with E-state index in [2.05, 4.69) is 10.5 Å². The van der Waals surface area contributed by atoms with Crippen molar-refractivity contribution in [3.63, 3.8) is 0 Å². The minimum absolute atomic E-state index is 0.0123. The number of ether oxygens (including phenoxy) is 1. The van der Waals surface area contributed by atoms with Gasteiger partial charge < -0.3 is 9.84 Å². The third-order valence-corrected chi connectivity index (χ3v) is 6.75. The maximum atomic E-state index is 13.4. The molecule has 2 N–H and O–H groups in total. The summed E-state index contributed by atoms with van der Waals surface area (Å²) in [5.41, 5.74) is 3.83. The molecule has 0 saturated carbocycles. The fourth-order valence-electron chi connectivity index (χ4n) is 3.10. The SMILES string of the molecule is CCOc1cc(/C=N\NC(=O)CN(c2cc(Cl)ccc2C)S(=O)(=O)c2ccccc2)ccc1O. The number of halogens is 1. The summed E-state index contributed by atoms with van der Waals surface area (Å²) in [5, 5.41) is 14.0. The van der Waals surface area contributed by atoms with Gasteiger partial charge in [0.2, 0.25) is 0 Å². The van der Waals surface area contributed by atoms with Crippen LogP contribution in [0.5, 0.6) is 11.5 Å². The number of nitrogens with one attached hydrogen (secondary N) is 1. The number of amides is 1. The number of hydrogen-bond acceptors (Lipinski definition) is 6. The van der Waals surface area contributed by atoms with Gasteiger partial charge in [0.1, 0.15) is 6.54 Å². The van der Waals surface area contributed by atoms with E-state index in [1.807, 2.05) is 0 Å². The number of benzene rings is 3. The summed E-state index contributed by atoms with van der Waals surface area (Å²) in [6.07, 6.45) is 1.36. The zero-order valence-corrected chi connectivity index (χ0v) is 20.2. The lowest BCUT2D eigenvalue weighted by molar-refractivity contribution is -0.119. The number of carbonyl (C=O) groups excluding carboxylic acids is 1. The van der Waals surface area contributed by atoms with Crippen LogP contribution in [0.3, 0.4) is 0 Å². The molecule has 0 aliphatic rings. The lowest BCUT2D eigenvalue weighted by atomic mass is 10.2. The predicted octanol–water partition coefficient (Wildman–Crippen LogP) is 4.10. The van der Waals surface area contributed by atoms with Crippen molar-refractivity contribution in [2.75, 3.05) is 17.5 Å². The van der Waals surface area contributed by atoms with E-state index in [9.17, 15) is 18.3 Å². The van der Waals surface area contributed by atoms with Crippen LogP contribution in [0.25, 0.3) is 0 Å². The lowest BCUT2D eigenvalue weighted by Gasteiger charge is -2.25. The minimum Gasteiger partial charge on any atom is -0.504 e. The van der Waals surface area contributed by atoms with E-state index < -0.39 is 22.5 Å². The maximum absolute atomic E-state index is 13.4. The molecule has 10 heteroatoms. The van der Waals surface area contributed by atoms with Gasteiger partial charge in [0, 0.05) is 5.02 Å². The van der Waals surface area contributed by atoms with Gasteiger partial charge in [-0.1, -0.05) is 35.9 Å². The van der Waals surface area contributed by atoms with E-state index in [-0.39, 0.29) is 22.1 Å². The Balaban J connectivity index is 1.84. The van der Waals surface area contributed by atoms with Crippen molar-refractivity contribution in [3.05, 3.63) is 82.9 Å². The van der Waals surface area contributed by atoms with Crippen LogP contribution in [0.1, 0.15) is 18.1 Å². The number of hydrazone groups is 1. The average Bonchev–Trinajstić information content (AvgIpc) is 2.82. The van der Waals surface area contributed by atoms with Crippen molar-refractivity contribution in [1.82, 2.24) is 5.43 Å². The summed E-state index contributed by atoms with van der Waals surface area (Å²) < 4.78 is 33.1. The molecule has 0 fully saturated rings. The molecule has 0 heterocycles. The van der Waals surface area contributed by atoms with Gasteiger partial charge in [-0.25, -0.2) is 13.8 Å². The number of anilines is 1. The molecule has 0 aliphatic heterocycles. The number of rotatable bonds is 9. The molecule has 34 heavy (non-hydrogen) atoms. The second kappa shape index (κ2) is 11.0. The lowest BCUT2D eigenvalue weighted by Crippen LogP contribution is -2.40. The smallest absolute Gasteiger partial charge is 0.264 e. The molecule has 0 radical (unpaired) electrons. The van der Waals surface area contributed by atoms with Gasteiger partial charge in [0.05, 0.1) is 23.4 Å². The first-order valence-corrected chi connectivity index (χ1v) is 12.2. The standard InChI is InChI=1S/C24H24ClN3O5S/c1-3-33-23-13-18(10-12-22(23)29)15-26-27-24(30)16-28(21-14-19(25)11-9-17(21)2)34(31,32)20-7-5-4-6-8-20/h4-15,29H,3,16H2,1-2H3,(H,27,30)/b26-15-. The molecule has 3 rings (SSSR count). The van der Waals surface area contributed by atoms with Gasteiger partial charge in [0.15, 0.2) is 11.5 Å². The van der Waals surface area contributed by atoms with Crippen LogP contribution in [0.2, 0.25) is 5.02 Å². The second-order valence-electron chi connectivity index (χ2n) is 7.21. The van der Waals surface area contributed by atoms with Gasteiger partial charge >= 0.3 is 0 Å². The number of phenols is 1. The zero-order chi connectivity index (χ0) is 24.7. The highest BCUT2D eigenvalue weighted by Gasteiger charge is 2.28. The van der Waals surface area contributed by atoms with Crippen LogP contribution in [-0.2, 0) is 14.8 Å². The van der Waals surface area contributed by atoms with Crippen LogP contribution in [-0.4, -0.2) is 38.8 Å². The molecular weight excluding hydrogens is 478 g/mol. The van der Waals surface area contributed by atoms with Gasteiger partial charge in [-0.05, 0) is 67.4 Å². The molecular formula is C24H24ClN3O5S. The Morgan fingerprint density at radius 1 is 1.15 bits per heavy atom. The van der Waals surface area contributed by atoms with Crippen LogP contribution >= 0.6 is 11.6 Å². The summed E-state index contributed by atoms with van der Waals surface area (Å²) >= 11 is 6.12. The number of hydrogen-bond donors (Lipinski definition) is 2. The fourth-order valence-corrected chi connectivity index (χ4v) is 4.76. The molecule has 8 nitrogen and oxygen atoms in total. The Labute approximate surface area is 203 Å². The third-order valence-electron chi connectivity index (χ3n) is 4.74. The van der Waals surface area contributed by atoms with Crippen molar-refractivity contribution in [2.24, 2.45) is 5.10 Å². The highest BCUT2D eigenvalue weighted by molar-refractivity contribution is 7.92. The molecule has 0 unspecified atom stereocenters. The highest BCUT2D eigenvalue weighted by Crippen LogP contribution is 2.29. The largest absolute Gasteiger partial charge is 0.504 e. The maximum Gasteiger partial charge on any atom is 0.264 e. The van der Waals surface area contributed by atoms with Crippen LogP contribution in [0.15, 0.2) is 76.7 Å². The molecule has 3 aromatic rings. The second-order valence-corrected chi connectivity index (χ2v) is 9.51. The molecule has 3 aromatic carbocycles. The Morgan fingerprint density at radius 3 is 2.59 bits per heavy atom. The van der Waals surface area contributed by atoms with E-state index in [1.54, 1.807) is 56.3 Å². The molecule has 0 saturated heterocycles. The number of phenolic OH excluding ortho intramolecular Hbond substituents is 1. The molecule has 0 aromatic heterocycles. The van der Waals surface area contributed by atoms with Gasteiger partial charge in [-0.3, -0.25) is 9.10 Å².